The zero-order chi connectivity index (χ0) is 19.6. The Morgan fingerprint density at radius 3 is 2.44 bits per heavy atom. The van der Waals surface area contributed by atoms with Gasteiger partial charge in [0.15, 0.2) is 0 Å². The van der Waals surface area contributed by atoms with Crippen molar-refractivity contribution in [2.45, 2.75) is 6.92 Å². The Balaban J connectivity index is 1.93. The fraction of sp³-hybridized carbons (Fsp3) is 0.211. The third-order valence-corrected chi connectivity index (χ3v) is 5.01. The van der Waals surface area contributed by atoms with Crippen LogP contribution in [0.5, 0.6) is 5.75 Å². The second kappa shape index (κ2) is 7.71. The van der Waals surface area contributed by atoms with Crippen LogP contribution in [0.2, 0.25) is 0 Å². The van der Waals surface area contributed by atoms with E-state index in [0.29, 0.717) is 0 Å². The first kappa shape index (κ1) is 18.8. The number of thioether (sulfide) groups is 1. The number of hydrogen-bond acceptors (Lipinski definition) is 6. The number of aromatic nitrogens is 1. The number of nitrogens with zero attached hydrogens (tertiary/aromatic N) is 2. The molecule has 2 heterocycles. The van der Waals surface area contributed by atoms with Crippen LogP contribution in [0.3, 0.4) is 0 Å². The van der Waals surface area contributed by atoms with Crippen LogP contribution >= 0.6 is 11.8 Å². The van der Waals surface area contributed by atoms with Gasteiger partial charge >= 0.3 is 5.97 Å². The predicted octanol–water partition coefficient (Wildman–Crippen LogP) is 3.00. The third-order valence-electron chi connectivity index (χ3n) is 4.10. The van der Waals surface area contributed by atoms with E-state index < -0.39 is 23.7 Å². The van der Waals surface area contributed by atoms with E-state index >= 15 is 0 Å². The molecule has 0 unspecified atom stereocenters. The molecule has 0 bridgehead atoms. The molecular formula is C19H18N2O5S. The molecular weight excluding hydrogens is 368 g/mol. The zero-order valence-electron chi connectivity index (χ0n) is 15.1. The highest BCUT2D eigenvalue weighted by Crippen LogP contribution is 2.33. The Morgan fingerprint density at radius 1 is 1.11 bits per heavy atom. The van der Waals surface area contributed by atoms with E-state index in [9.17, 15) is 14.4 Å². The van der Waals surface area contributed by atoms with Gasteiger partial charge in [-0.15, -0.1) is 0 Å². The lowest BCUT2D eigenvalue weighted by molar-refractivity contribution is -0.143. The number of esters is 1. The van der Waals surface area contributed by atoms with E-state index in [1.54, 1.807) is 13.2 Å². The summed E-state index contributed by atoms with van der Waals surface area (Å²) in [4.78, 5) is 37.1. The maximum absolute atomic E-state index is 12.5. The Kier molecular flexibility index (Phi) is 5.36. The lowest BCUT2D eigenvalue weighted by atomic mass is 10.2. The van der Waals surface area contributed by atoms with E-state index in [2.05, 4.69) is 4.74 Å². The molecule has 7 nitrogen and oxygen atoms in total. The average Bonchev–Trinajstić information content (AvgIpc) is 3.16. The van der Waals surface area contributed by atoms with Crippen molar-refractivity contribution in [1.82, 2.24) is 9.47 Å². The van der Waals surface area contributed by atoms with E-state index in [1.807, 2.05) is 47.9 Å². The highest BCUT2D eigenvalue weighted by atomic mass is 32.2. The van der Waals surface area contributed by atoms with Gasteiger partial charge in [-0.3, -0.25) is 19.3 Å². The fourth-order valence-electron chi connectivity index (χ4n) is 2.72. The van der Waals surface area contributed by atoms with Gasteiger partial charge < -0.3 is 14.0 Å². The summed E-state index contributed by atoms with van der Waals surface area (Å²) >= 11 is 0.806. The molecule has 1 aliphatic heterocycles. The second-order valence-corrected chi connectivity index (χ2v) is 6.77. The number of hydrogen-bond donors (Lipinski definition) is 0. The summed E-state index contributed by atoms with van der Waals surface area (Å²) in [6.45, 7) is 1.56. The minimum Gasteiger partial charge on any atom is -0.497 e. The molecule has 0 spiro atoms. The van der Waals surface area contributed by atoms with Crippen LogP contribution in [-0.4, -0.2) is 47.3 Å². The first-order chi connectivity index (χ1) is 12.9. The van der Waals surface area contributed by atoms with Crippen molar-refractivity contribution in [2.75, 3.05) is 20.8 Å². The molecule has 3 rings (SSSR count). The number of aryl methyl sites for hydroxylation is 1. The SMILES string of the molecule is COC(=O)CN1C(=O)S/C(=C/c2ccc(C)n2-c2ccc(OC)cc2)C1=O. The lowest BCUT2D eigenvalue weighted by Gasteiger charge is -2.11. The van der Waals surface area contributed by atoms with Gasteiger partial charge in [0.2, 0.25) is 0 Å². The topological polar surface area (TPSA) is 77.8 Å². The number of carbonyl (C=O) groups excluding carboxylic acids is 3. The van der Waals surface area contributed by atoms with E-state index in [4.69, 9.17) is 4.74 Å². The van der Waals surface area contributed by atoms with Crippen molar-refractivity contribution in [3.05, 3.63) is 52.7 Å². The van der Waals surface area contributed by atoms with E-state index in [1.165, 1.54) is 7.11 Å². The van der Waals surface area contributed by atoms with E-state index in [-0.39, 0.29) is 4.91 Å². The van der Waals surface area contributed by atoms with Crippen LogP contribution in [0.25, 0.3) is 11.8 Å². The normalized spacial score (nSPS) is 15.5. The van der Waals surface area contributed by atoms with Gasteiger partial charge in [0.25, 0.3) is 11.1 Å². The first-order valence-electron chi connectivity index (χ1n) is 8.09. The first-order valence-corrected chi connectivity index (χ1v) is 8.91. The summed E-state index contributed by atoms with van der Waals surface area (Å²) in [5, 5.41) is -0.490. The van der Waals surface area contributed by atoms with Crippen LogP contribution in [0, 0.1) is 6.92 Å². The number of rotatable bonds is 5. The van der Waals surface area contributed by atoms with Gasteiger partial charge in [-0.05, 0) is 61.2 Å². The Hall–Kier alpha value is -3.00. The fourth-order valence-corrected chi connectivity index (χ4v) is 3.54. The molecule has 1 fully saturated rings. The molecule has 140 valence electrons. The number of imide groups is 1. The maximum Gasteiger partial charge on any atom is 0.325 e. The van der Waals surface area contributed by atoms with Crippen molar-refractivity contribution in [1.29, 1.82) is 0 Å². The number of carbonyl (C=O) groups is 3. The quantitative estimate of drug-likeness (QED) is 0.581. The van der Waals surface area contributed by atoms with Crippen molar-refractivity contribution in [2.24, 2.45) is 0 Å². The molecule has 2 amide bonds. The summed E-state index contributed by atoms with van der Waals surface area (Å²) < 4.78 is 11.7. The van der Waals surface area contributed by atoms with Gasteiger partial charge in [-0.2, -0.15) is 0 Å². The average molecular weight is 386 g/mol. The number of benzene rings is 1. The molecule has 0 N–H and O–H groups in total. The predicted molar refractivity (Wildman–Crippen MR) is 102 cm³/mol. The van der Waals surface area contributed by atoms with Crippen LogP contribution in [0.15, 0.2) is 41.3 Å². The van der Waals surface area contributed by atoms with Crippen LogP contribution in [-0.2, 0) is 14.3 Å². The van der Waals surface area contributed by atoms with Crippen molar-refractivity contribution in [3.8, 4) is 11.4 Å². The van der Waals surface area contributed by atoms with Crippen LogP contribution < -0.4 is 4.74 Å². The summed E-state index contributed by atoms with van der Waals surface area (Å²) in [6, 6.07) is 11.3. The third kappa shape index (κ3) is 3.75. The van der Waals surface area contributed by atoms with Gasteiger partial charge in [0.05, 0.1) is 19.1 Å². The molecule has 1 aromatic heterocycles. The number of methoxy groups -OCH3 is 2. The maximum atomic E-state index is 12.5. The molecule has 1 aliphatic rings. The van der Waals surface area contributed by atoms with Gasteiger partial charge in [-0.1, -0.05) is 0 Å². The molecule has 1 aromatic carbocycles. The summed E-state index contributed by atoms with van der Waals surface area (Å²) in [6.07, 6.45) is 1.65. The van der Waals surface area contributed by atoms with Crippen molar-refractivity contribution < 1.29 is 23.9 Å². The molecule has 8 heteroatoms. The zero-order valence-corrected chi connectivity index (χ0v) is 15.9. The summed E-state index contributed by atoms with van der Waals surface area (Å²) in [5.41, 5.74) is 2.62. The minimum absolute atomic E-state index is 0.261. The summed E-state index contributed by atoms with van der Waals surface area (Å²) in [5.74, 6) is -0.402. The largest absolute Gasteiger partial charge is 0.497 e. The molecule has 2 aromatic rings. The Labute approximate surface area is 160 Å². The summed E-state index contributed by atoms with van der Waals surface area (Å²) in [7, 11) is 2.81. The molecule has 0 radical (unpaired) electrons. The molecule has 0 saturated carbocycles. The molecule has 27 heavy (non-hydrogen) atoms. The number of ether oxygens (including phenoxy) is 2. The van der Waals surface area contributed by atoms with E-state index in [0.717, 1.165) is 39.5 Å². The molecule has 0 atom stereocenters. The van der Waals surface area contributed by atoms with Crippen LogP contribution in [0.1, 0.15) is 11.4 Å². The Bertz CT molecular complexity index is 930. The van der Waals surface area contributed by atoms with Gasteiger partial charge in [0.1, 0.15) is 12.3 Å². The molecule has 1 saturated heterocycles. The van der Waals surface area contributed by atoms with Crippen molar-refractivity contribution in [3.63, 3.8) is 0 Å². The highest BCUT2D eigenvalue weighted by Gasteiger charge is 2.36. The molecule has 0 aliphatic carbocycles. The smallest absolute Gasteiger partial charge is 0.325 e. The lowest BCUT2D eigenvalue weighted by Crippen LogP contribution is -2.34. The minimum atomic E-state index is -0.643. The monoisotopic (exact) mass is 386 g/mol. The van der Waals surface area contributed by atoms with Crippen molar-refractivity contribution >= 4 is 35.0 Å². The van der Waals surface area contributed by atoms with Gasteiger partial charge in [0, 0.05) is 17.1 Å². The highest BCUT2D eigenvalue weighted by molar-refractivity contribution is 8.18. The standard InChI is InChI=1S/C19H18N2O5S/c1-12-4-5-14(21(12)13-6-8-15(25-2)9-7-13)10-16-18(23)20(19(24)27-16)11-17(22)26-3/h4-10H,11H2,1-3H3/b16-10+. The van der Waals surface area contributed by atoms with Crippen LogP contribution in [0.4, 0.5) is 4.79 Å². The Morgan fingerprint density at radius 2 is 1.81 bits per heavy atom. The second-order valence-electron chi connectivity index (χ2n) is 5.78. The number of amides is 2. The van der Waals surface area contributed by atoms with Gasteiger partial charge in [-0.25, -0.2) is 0 Å².